The van der Waals surface area contributed by atoms with Crippen LogP contribution < -0.4 is 5.32 Å². The van der Waals surface area contributed by atoms with E-state index in [1.807, 2.05) is 18.4 Å². The Balaban J connectivity index is 2.10. The minimum Gasteiger partial charge on any atom is -0.378 e. The third kappa shape index (κ3) is 2.41. The van der Waals surface area contributed by atoms with Gasteiger partial charge < -0.3 is 10.1 Å². The smallest absolute Gasteiger partial charge is 0.0551 e. The van der Waals surface area contributed by atoms with Crippen LogP contribution in [0.4, 0.5) is 0 Å². The van der Waals surface area contributed by atoms with Crippen molar-refractivity contribution >= 4 is 11.3 Å². The van der Waals surface area contributed by atoms with Crippen molar-refractivity contribution in [1.82, 2.24) is 5.32 Å². The van der Waals surface area contributed by atoms with Crippen molar-refractivity contribution in [1.29, 1.82) is 0 Å². The Morgan fingerprint density at radius 1 is 1.60 bits per heavy atom. The molecule has 0 radical (unpaired) electrons. The highest BCUT2D eigenvalue weighted by molar-refractivity contribution is 7.10. The van der Waals surface area contributed by atoms with E-state index in [1.54, 1.807) is 0 Å². The van der Waals surface area contributed by atoms with Gasteiger partial charge in [-0.1, -0.05) is 0 Å². The molecule has 1 saturated heterocycles. The van der Waals surface area contributed by atoms with Crippen molar-refractivity contribution in [3.63, 3.8) is 0 Å². The van der Waals surface area contributed by atoms with Gasteiger partial charge in [0, 0.05) is 16.8 Å². The Morgan fingerprint density at radius 2 is 2.40 bits per heavy atom. The van der Waals surface area contributed by atoms with E-state index in [9.17, 15) is 0 Å². The summed E-state index contributed by atoms with van der Waals surface area (Å²) < 4.78 is 5.64. The van der Waals surface area contributed by atoms with Crippen LogP contribution in [0.25, 0.3) is 0 Å². The number of aryl methyl sites for hydroxylation is 1. The first-order chi connectivity index (χ1) is 7.20. The van der Waals surface area contributed by atoms with Gasteiger partial charge in [0.1, 0.15) is 0 Å². The number of nitrogens with one attached hydrogen (secondary N) is 1. The van der Waals surface area contributed by atoms with Crippen molar-refractivity contribution in [2.45, 2.75) is 32.4 Å². The van der Waals surface area contributed by atoms with Gasteiger partial charge in [-0.25, -0.2) is 0 Å². The predicted octanol–water partition coefficient (Wildman–Crippen LogP) is 2.74. The van der Waals surface area contributed by atoms with Crippen molar-refractivity contribution < 1.29 is 4.74 Å². The molecule has 1 aromatic heterocycles. The molecule has 1 fully saturated rings. The van der Waals surface area contributed by atoms with Crippen LogP contribution in [0.1, 0.15) is 29.8 Å². The largest absolute Gasteiger partial charge is 0.378 e. The van der Waals surface area contributed by atoms with E-state index in [4.69, 9.17) is 4.74 Å². The minimum absolute atomic E-state index is 0.422. The third-order valence-electron chi connectivity index (χ3n) is 3.12. The molecule has 0 saturated carbocycles. The molecule has 1 aliphatic heterocycles. The molecule has 0 aliphatic carbocycles. The average molecular weight is 225 g/mol. The van der Waals surface area contributed by atoms with Crippen molar-refractivity contribution in [2.75, 3.05) is 13.7 Å². The maximum atomic E-state index is 5.64. The van der Waals surface area contributed by atoms with E-state index in [0.29, 0.717) is 18.1 Å². The quantitative estimate of drug-likeness (QED) is 0.854. The molecule has 2 nitrogen and oxygen atoms in total. The molecule has 0 bridgehead atoms. The fraction of sp³-hybridized carbons (Fsp3) is 0.667. The second-order valence-electron chi connectivity index (χ2n) is 4.40. The van der Waals surface area contributed by atoms with Crippen LogP contribution in [-0.4, -0.2) is 19.8 Å². The summed E-state index contributed by atoms with van der Waals surface area (Å²) in [5, 5.41) is 5.68. The summed E-state index contributed by atoms with van der Waals surface area (Å²) in [6.45, 7) is 5.21. The normalized spacial score (nSPS) is 28.2. The second-order valence-corrected chi connectivity index (χ2v) is 5.51. The molecule has 84 valence electrons. The molecule has 3 atom stereocenters. The van der Waals surface area contributed by atoms with Crippen LogP contribution in [-0.2, 0) is 4.74 Å². The van der Waals surface area contributed by atoms with Gasteiger partial charge in [0.05, 0.1) is 12.7 Å². The summed E-state index contributed by atoms with van der Waals surface area (Å²) in [6.07, 6.45) is 1.59. The maximum Gasteiger partial charge on any atom is 0.0551 e. The van der Waals surface area contributed by atoms with Crippen molar-refractivity contribution in [3.8, 4) is 0 Å². The summed E-state index contributed by atoms with van der Waals surface area (Å²) in [5.41, 5.74) is 1.42. The zero-order valence-electron chi connectivity index (χ0n) is 9.62. The average Bonchev–Trinajstić information content (AvgIpc) is 2.78. The molecule has 1 N–H and O–H groups in total. The van der Waals surface area contributed by atoms with Crippen LogP contribution in [0.3, 0.4) is 0 Å². The number of thiophene rings is 1. The van der Waals surface area contributed by atoms with Crippen LogP contribution >= 0.6 is 11.3 Å². The van der Waals surface area contributed by atoms with Crippen LogP contribution in [0.5, 0.6) is 0 Å². The number of ether oxygens (including phenoxy) is 1. The fourth-order valence-corrected chi connectivity index (χ4v) is 3.12. The van der Waals surface area contributed by atoms with Gasteiger partial charge in [0.15, 0.2) is 0 Å². The molecule has 2 heterocycles. The summed E-state index contributed by atoms with van der Waals surface area (Å²) in [4.78, 5) is 1.39. The minimum atomic E-state index is 0.422. The van der Waals surface area contributed by atoms with Gasteiger partial charge in [0.2, 0.25) is 0 Å². The van der Waals surface area contributed by atoms with E-state index in [1.165, 1.54) is 16.9 Å². The molecular weight excluding hydrogens is 206 g/mol. The lowest BCUT2D eigenvalue weighted by molar-refractivity contribution is 0.117. The fourth-order valence-electron chi connectivity index (χ4n) is 2.38. The molecule has 0 amide bonds. The third-order valence-corrected chi connectivity index (χ3v) is 4.00. The highest BCUT2D eigenvalue weighted by Gasteiger charge is 2.29. The molecule has 3 unspecified atom stereocenters. The Kier molecular flexibility index (Phi) is 3.44. The summed E-state index contributed by atoms with van der Waals surface area (Å²) in [7, 11) is 2.04. The van der Waals surface area contributed by atoms with E-state index in [0.717, 1.165) is 6.61 Å². The Hall–Kier alpha value is -0.380. The number of rotatable bonds is 3. The van der Waals surface area contributed by atoms with E-state index in [2.05, 4.69) is 30.6 Å². The molecule has 0 spiro atoms. The van der Waals surface area contributed by atoms with Crippen molar-refractivity contribution in [3.05, 3.63) is 21.9 Å². The standard InChI is InChI=1S/C12H19NOS/c1-8-4-10(6-14-8)12(13-3)11-5-9(2)15-7-11/h5,7-8,10,12-13H,4,6H2,1-3H3. The molecule has 1 aliphatic rings. The van der Waals surface area contributed by atoms with E-state index in [-0.39, 0.29) is 0 Å². The van der Waals surface area contributed by atoms with Gasteiger partial charge in [-0.2, -0.15) is 0 Å². The summed E-state index contributed by atoms with van der Waals surface area (Å²) >= 11 is 1.83. The molecule has 3 heteroatoms. The summed E-state index contributed by atoms with van der Waals surface area (Å²) in [5.74, 6) is 0.624. The first-order valence-corrected chi connectivity index (χ1v) is 6.42. The zero-order chi connectivity index (χ0) is 10.8. The lowest BCUT2D eigenvalue weighted by Crippen LogP contribution is -2.25. The van der Waals surface area contributed by atoms with Gasteiger partial charge >= 0.3 is 0 Å². The molecular formula is C12H19NOS. The molecule has 1 aromatic rings. The SMILES string of the molecule is CNC(c1csc(C)c1)C1COC(C)C1. The first kappa shape index (κ1) is 11.1. The number of hydrogen-bond donors (Lipinski definition) is 1. The lowest BCUT2D eigenvalue weighted by Gasteiger charge is -2.20. The summed E-state index contributed by atoms with van der Waals surface area (Å²) in [6, 6.07) is 2.74. The number of hydrogen-bond acceptors (Lipinski definition) is 3. The van der Waals surface area contributed by atoms with Gasteiger partial charge in [-0.3, -0.25) is 0 Å². The molecule has 2 rings (SSSR count). The van der Waals surface area contributed by atoms with Crippen LogP contribution in [0, 0.1) is 12.8 Å². The Morgan fingerprint density at radius 3 is 2.87 bits per heavy atom. The first-order valence-electron chi connectivity index (χ1n) is 5.54. The maximum absolute atomic E-state index is 5.64. The van der Waals surface area contributed by atoms with Gasteiger partial charge in [0.25, 0.3) is 0 Å². The second kappa shape index (κ2) is 4.64. The van der Waals surface area contributed by atoms with E-state index < -0.39 is 0 Å². The Bertz CT molecular complexity index is 323. The monoisotopic (exact) mass is 225 g/mol. The molecule has 15 heavy (non-hydrogen) atoms. The zero-order valence-corrected chi connectivity index (χ0v) is 10.4. The van der Waals surface area contributed by atoms with Gasteiger partial charge in [-0.15, -0.1) is 11.3 Å². The highest BCUT2D eigenvalue weighted by Crippen LogP contribution is 2.33. The van der Waals surface area contributed by atoms with Gasteiger partial charge in [-0.05, 0) is 44.3 Å². The molecule has 0 aromatic carbocycles. The highest BCUT2D eigenvalue weighted by atomic mass is 32.1. The lowest BCUT2D eigenvalue weighted by atomic mass is 9.92. The Labute approximate surface area is 95.6 Å². The van der Waals surface area contributed by atoms with E-state index >= 15 is 0 Å². The topological polar surface area (TPSA) is 21.3 Å². The van der Waals surface area contributed by atoms with Crippen molar-refractivity contribution in [2.24, 2.45) is 5.92 Å². The van der Waals surface area contributed by atoms with Crippen LogP contribution in [0.15, 0.2) is 11.4 Å². The predicted molar refractivity (Wildman–Crippen MR) is 64.4 cm³/mol. The van der Waals surface area contributed by atoms with Crippen LogP contribution in [0.2, 0.25) is 0 Å².